The zero-order chi connectivity index (χ0) is 37.0. The monoisotopic (exact) mass is 735 g/mol. The van der Waals surface area contributed by atoms with E-state index in [0.29, 0.717) is 28.9 Å². The highest BCUT2D eigenvalue weighted by Gasteiger charge is 2.21. The lowest BCUT2D eigenvalue weighted by Gasteiger charge is -2.10. The van der Waals surface area contributed by atoms with Crippen LogP contribution in [0, 0.1) is 0 Å². The molecule has 0 atom stereocenters. The first-order valence-corrected chi connectivity index (χ1v) is 19.2. The van der Waals surface area contributed by atoms with Crippen molar-refractivity contribution in [1.82, 2.24) is 24.9 Å². The predicted molar refractivity (Wildman–Crippen MR) is 228 cm³/mol. The lowest BCUT2D eigenvalue weighted by atomic mass is 10.0. The molecule has 0 saturated carbocycles. The molecule has 0 aliphatic carbocycles. The molecular weight excluding hydrogens is 707 g/mol. The lowest BCUT2D eigenvalue weighted by molar-refractivity contribution is 0.667. The van der Waals surface area contributed by atoms with Crippen molar-refractivity contribution in [2.24, 2.45) is 0 Å². The minimum absolute atomic E-state index is 0.617. The molecule has 262 valence electrons. The van der Waals surface area contributed by atoms with Crippen LogP contribution in [-0.2, 0) is 0 Å². The van der Waals surface area contributed by atoms with Crippen molar-refractivity contribution in [3.05, 3.63) is 176 Å². The minimum atomic E-state index is 0.617. The van der Waals surface area contributed by atoms with Crippen LogP contribution in [0.15, 0.2) is 180 Å². The molecule has 4 aromatic heterocycles. The second-order valence-corrected chi connectivity index (χ2v) is 14.7. The van der Waals surface area contributed by atoms with E-state index < -0.39 is 0 Å². The number of furan rings is 1. The van der Waals surface area contributed by atoms with Gasteiger partial charge in [-0.1, -0.05) is 146 Å². The molecule has 0 amide bonds. The first kappa shape index (κ1) is 32.1. The summed E-state index contributed by atoms with van der Waals surface area (Å²) in [5.74, 6) is 2.53. The van der Waals surface area contributed by atoms with Crippen LogP contribution in [0.2, 0.25) is 0 Å². The average Bonchev–Trinajstić information content (AvgIpc) is 3.85. The van der Waals surface area contributed by atoms with Crippen LogP contribution in [0.25, 0.3) is 110 Å². The highest BCUT2D eigenvalue weighted by Crippen LogP contribution is 2.42. The Kier molecular flexibility index (Phi) is 7.57. The van der Waals surface area contributed by atoms with Crippen molar-refractivity contribution in [2.45, 2.75) is 0 Å². The summed E-state index contributed by atoms with van der Waals surface area (Å²) in [7, 11) is 0. The maximum atomic E-state index is 6.39. The Morgan fingerprint density at radius 1 is 0.375 bits per heavy atom. The summed E-state index contributed by atoms with van der Waals surface area (Å²) in [6.07, 6.45) is 0. The number of para-hydroxylation sites is 1. The quantitative estimate of drug-likeness (QED) is 0.169. The fourth-order valence-electron chi connectivity index (χ4n) is 7.47. The summed E-state index contributed by atoms with van der Waals surface area (Å²) in [4.78, 5) is 25.6. The molecule has 0 radical (unpaired) electrons. The maximum Gasteiger partial charge on any atom is 0.180 e. The summed E-state index contributed by atoms with van der Waals surface area (Å²) in [6, 6.07) is 60.0. The van der Waals surface area contributed by atoms with Crippen LogP contribution in [-0.4, -0.2) is 24.9 Å². The van der Waals surface area contributed by atoms with Crippen molar-refractivity contribution in [3.8, 4) is 67.9 Å². The van der Waals surface area contributed by atoms with Gasteiger partial charge in [-0.15, -0.1) is 11.3 Å². The molecule has 11 aromatic rings. The standard InChI is InChI=1S/C49H29N5OS/c1-4-14-30(15-5-1)33-20-12-21-34(28-33)47-52-46(32-18-8-3-9-19-32)53-48(54-47)35-26-27-37-41(29-35)56-40-25-13-23-38(42(37)40)49-50-43(31-16-6-2-7-17-31)45-44(51-49)36-22-10-11-24-39(36)55-45/h1-29H. The van der Waals surface area contributed by atoms with E-state index in [9.17, 15) is 0 Å². The van der Waals surface area contributed by atoms with Crippen molar-refractivity contribution in [3.63, 3.8) is 0 Å². The second kappa shape index (κ2) is 13.2. The third-order valence-electron chi connectivity index (χ3n) is 10.2. The van der Waals surface area contributed by atoms with Gasteiger partial charge < -0.3 is 4.42 Å². The van der Waals surface area contributed by atoms with Gasteiger partial charge >= 0.3 is 0 Å². The number of hydrogen-bond donors (Lipinski definition) is 0. The predicted octanol–water partition coefficient (Wildman–Crippen LogP) is 12.9. The van der Waals surface area contributed by atoms with Gasteiger partial charge in [0.2, 0.25) is 0 Å². The number of nitrogens with zero attached hydrogens (tertiary/aromatic N) is 5. The van der Waals surface area contributed by atoms with Crippen molar-refractivity contribution in [2.75, 3.05) is 0 Å². The van der Waals surface area contributed by atoms with Crippen molar-refractivity contribution in [1.29, 1.82) is 0 Å². The van der Waals surface area contributed by atoms with Gasteiger partial charge in [-0.25, -0.2) is 24.9 Å². The van der Waals surface area contributed by atoms with Crippen LogP contribution >= 0.6 is 11.3 Å². The molecule has 0 spiro atoms. The Bertz CT molecular complexity index is 3250. The normalized spacial score (nSPS) is 11.6. The van der Waals surface area contributed by atoms with E-state index in [4.69, 9.17) is 29.3 Å². The molecule has 7 heteroatoms. The summed E-state index contributed by atoms with van der Waals surface area (Å²) < 4.78 is 8.66. The molecule has 6 nitrogen and oxygen atoms in total. The van der Waals surface area contributed by atoms with Gasteiger partial charge in [0.1, 0.15) is 16.8 Å². The van der Waals surface area contributed by atoms with E-state index >= 15 is 0 Å². The van der Waals surface area contributed by atoms with Crippen LogP contribution in [0.1, 0.15) is 0 Å². The highest BCUT2D eigenvalue weighted by atomic mass is 32.1. The van der Waals surface area contributed by atoms with E-state index in [1.165, 1.54) is 0 Å². The minimum Gasteiger partial charge on any atom is -0.452 e. The Morgan fingerprint density at radius 2 is 0.982 bits per heavy atom. The SMILES string of the molecule is c1ccc(-c2cccc(-c3nc(-c4ccccc4)nc(-c4ccc5c(c4)sc4cccc(-c6nc(-c7ccccc7)c7oc8ccccc8c7n6)c45)n3)c2)cc1. The smallest absolute Gasteiger partial charge is 0.180 e. The number of hydrogen-bond acceptors (Lipinski definition) is 7. The molecule has 0 unspecified atom stereocenters. The van der Waals surface area contributed by atoms with E-state index in [1.54, 1.807) is 11.3 Å². The molecule has 56 heavy (non-hydrogen) atoms. The van der Waals surface area contributed by atoms with Gasteiger partial charge in [0.25, 0.3) is 0 Å². The number of rotatable bonds is 6. The van der Waals surface area contributed by atoms with E-state index in [2.05, 4.69) is 103 Å². The Hall–Kier alpha value is -7.35. The van der Waals surface area contributed by atoms with Crippen LogP contribution in [0.4, 0.5) is 0 Å². The van der Waals surface area contributed by atoms with Crippen molar-refractivity contribution < 1.29 is 4.42 Å². The molecule has 0 bridgehead atoms. The topological polar surface area (TPSA) is 77.6 Å². The Balaban J connectivity index is 1.07. The van der Waals surface area contributed by atoms with E-state index in [1.807, 2.05) is 72.8 Å². The van der Waals surface area contributed by atoms with Crippen LogP contribution < -0.4 is 0 Å². The van der Waals surface area contributed by atoms with Gasteiger partial charge in [-0.05, 0) is 41.5 Å². The summed E-state index contributed by atoms with van der Waals surface area (Å²) >= 11 is 1.74. The molecule has 4 heterocycles. The van der Waals surface area contributed by atoms with Crippen LogP contribution in [0.3, 0.4) is 0 Å². The van der Waals surface area contributed by atoms with Gasteiger partial charge in [0.15, 0.2) is 28.9 Å². The fraction of sp³-hybridized carbons (Fsp3) is 0. The van der Waals surface area contributed by atoms with Crippen molar-refractivity contribution >= 4 is 53.6 Å². The molecule has 0 fully saturated rings. The average molecular weight is 736 g/mol. The van der Waals surface area contributed by atoms with E-state index in [-0.39, 0.29) is 0 Å². The summed E-state index contributed by atoms with van der Waals surface area (Å²) in [5, 5.41) is 3.21. The fourth-order valence-corrected chi connectivity index (χ4v) is 8.64. The molecule has 0 aliphatic rings. The third-order valence-corrected chi connectivity index (χ3v) is 11.3. The van der Waals surface area contributed by atoms with Crippen LogP contribution in [0.5, 0.6) is 0 Å². The lowest BCUT2D eigenvalue weighted by Crippen LogP contribution is -2.00. The Morgan fingerprint density at radius 3 is 1.75 bits per heavy atom. The van der Waals surface area contributed by atoms with Gasteiger partial charge in [-0.3, -0.25) is 0 Å². The zero-order valence-corrected chi connectivity index (χ0v) is 30.6. The Labute approximate surface area is 325 Å². The molecule has 11 rings (SSSR count). The number of fused-ring (bicyclic) bond motifs is 6. The number of thiophene rings is 1. The van der Waals surface area contributed by atoms with Gasteiger partial charge in [0.05, 0.1) is 0 Å². The number of aromatic nitrogens is 5. The molecule has 0 saturated heterocycles. The first-order chi connectivity index (χ1) is 27.7. The number of benzene rings is 7. The molecule has 7 aromatic carbocycles. The second-order valence-electron chi connectivity index (χ2n) is 13.6. The van der Waals surface area contributed by atoms with Gasteiger partial charge in [-0.2, -0.15) is 0 Å². The summed E-state index contributed by atoms with van der Waals surface area (Å²) in [5.41, 5.74) is 10.0. The van der Waals surface area contributed by atoms with E-state index in [0.717, 1.165) is 81.3 Å². The zero-order valence-electron chi connectivity index (χ0n) is 29.8. The highest BCUT2D eigenvalue weighted by molar-refractivity contribution is 7.26. The largest absolute Gasteiger partial charge is 0.452 e. The first-order valence-electron chi connectivity index (χ1n) is 18.4. The van der Waals surface area contributed by atoms with Gasteiger partial charge in [0, 0.05) is 53.4 Å². The molecule has 0 aliphatic heterocycles. The molecule has 0 N–H and O–H groups in total. The molecular formula is C49H29N5OS. The third kappa shape index (κ3) is 5.52. The summed E-state index contributed by atoms with van der Waals surface area (Å²) in [6.45, 7) is 0. The maximum absolute atomic E-state index is 6.39.